The second-order valence-electron chi connectivity index (χ2n) is 8.24. The number of anilines is 1. The van der Waals surface area contributed by atoms with Crippen LogP contribution in [0, 0.1) is 0 Å². The number of nitrogens with zero attached hydrogens (tertiary/aromatic N) is 4. The summed E-state index contributed by atoms with van der Waals surface area (Å²) in [5.74, 6) is 0.278. The van der Waals surface area contributed by atoms with Gasteiger partial charge in [0.1, 0.15) is 30.8 Å². The summed E-state index contributed by atoms with van der Waals surface area (Å²) in [6.07, 6.45) is 4.82. The molecule has 3 rings (SSSR count). The van der Waals surface area contributed by atoms with Crippen molar-refractivity contribution in [2.75, 3.05) is 51.6 Å². The predicted molar refractivity (Wildman–Crippen MR) is 127 cm³/mol. The second kappa shape index (κ2) is 14.0. The maximum absolute atomic E-state index is 12.0. The minimum atomic E-state index is -0.783. The molecule has 0 aliphatic carbocycles. The molecule has 13 nitrogen and oxygen atoms in total. The van der Waals surface area contributed by atoms with Crippen molar-refractivity contribution in [1.29, 1.82) is 0 Å². The Balaban J connectivity index is 1.24. The molecule has 1 aliphatic heterocycles. The molecule has 3 atom stereocenters. The maximum atomic E-state index is 12.0. The number of ether oxygens (including phenoxy) is 2. The van der Waals surface area contributed by atoms with Gasteiger partial charge in [-0.05, 0) is 58.4 Å². The van der Waals surface area contributed by atoms with E-state index in [0.29, 0.717) is 24.1 Å². The molecular formula is C21H37N9O4. The van der Waals surface area contributed by atoms with Crippen molar-refractivity contribution in [2.45, 2.75) is 50.5 Å². The van der Waals surface area contributed by atoms with Crippen LogP contribution in [0.2, 0.25) is 0 Å². The van der Waals surface area contributed by atoms with Gasteiger partial charge in [-0.2, -0.15) is 0 Å². The standard InChI is InChI=1S/C21H37N9O4/c22-5-3-8-24-6-1-2-7-25-9-4-10-26-21(32)33-12-16-15(31)11-17(34-16)30-14-29-18-19(23)27-13-28-20(18)30/h13-17,24-25,31H,1-12,22H2,(H,26,32)(H2,23,27,28)/t15-,16+,17+/m0/s1. The zero-order valence-electron chi connectivity index (χ0n) is 19.5. The number of rotatable bonds is 15. The molecule has 1 aliphatic rings. The van der Waals surface area contributed by atoms with Gasteiger partial charge in [-0.15, -0.1) is 0 Å². The number of hydrogen-bond acceptors (Lipinski definition) is 11. The molecule has 1 fully saturated rings. The first-order valence-electron chi connectivity index (χ1n) is 11.9. The van der Waals surface area contributed by atoms with Gasteiger partial charge >= 0.3 is 6.09 Å². The van der Waals surface area contributed by atoms with Gasteiger partial charge < -0.3 is 42.0 Å². The third kappa shape index (κ3) is 7.74. The van der Waals surface area contributed by atoms with Crippen LogP contribution in [0.3, 0.4) is 0 Å². The Labute approximate surface area is 199 Å². The van der Waals surface area contributed by atoms with E-state index >= 15 is 0 Å². The third-order valence-electron chi connectivity index (χ3n) is 5.59. The highest BCUT2D eigenvalue weighted by Crippen LogP contribution is 2.31. The van der Waals surface area contributed by atoms with E-state index in [2.05, 4.69) is 30.9 Å². The van der Waals surface area contributed by atoms with Crippen molar-refractivity contribution in [3.63, 3.8) is 0 Å². The number of carbonyl (C=O) groups excluding carboxylic acids is 1. The monoisotopic (exact) mass is 479 g/mol. The summed E-state index contributed by atoms with van der Waals surface area (Å²) in [7, 11) is 0. The number of fused-ring (bicyclic) bond motifs is 1. The molecule has 0 aromatic carbocycles. The number of nitrogens with two attached hydrogens (primary N) is 2. The van der Waals surface area contributed by atoms with Gasteiger partial charge in [0, 0.05) is 13.0 Å². The normalized spacial score (nSPS) is 20.1. The third-order valence-corrected chi connectivity index (χ3v) is 5.59. The van der Waals surface area contributed by atoms with Crippen molar-refractivity contribution in [1.82, 2.24) is 35.5 Å². The molecule has 1 amide bonds. The minimum absolute atomic E-state index is 0.0508. The summed E-state index contributed by atoms with van der Waals surface area (Å²) in [5.41, 5.74) is 12.3. The van der Waals surface area contributed by atoms with E-state index in [0.717, 1.165) is 58.4 Å². The molecule has 0 spiro atoms. The van der Waals surface area contributed by atoms with Crippen LogP contribution in [0.25, 0.3) is 11.2 Å². The van der Waals surface area contributed by atoms with Gasteiger partial charge in [0.25, 0.3) is 0 Å². The topological polar surface area (TPSA) is 187 Å². The van der Waals surface area contributed by atoms with E-state index < -0.39 is 24.5 Å². The lowest BCUT2D eigenvalue weighted by Crippen LogP contribution is -2.33. The molecule has 8 N–H and O–H groups in total. The van der Waals surface area contributed by atoms with Gasteiger partial charge in [0.05, 0.1) is 12.4 Å². The van der Waals surface area contributed by atoms with Crippen LogP contribution in [0.1, 0.15) is 38.3 Å². The van der Waals surface area contributed by atoms with Crippen molar-refractivity contribution < 1.29 is 19.4 Å². The fraction of sp³-hybridized carbons (Fsp3) is 0.714. The van der Waals surface area contributed by atoms with Crippen molar-refractivity contribution >= 4 is 23.1 Å². The van der Waals surface area contributed by atoms with Crippen LogP contribution in [0.5, 0.6) is 0 Å². The number of amides is 1. The quantitative estimate of drug-likeness (QED) is 0.180. The lowest BCUT2D eigenvalue weighted by molar-refractivity contribution is -0.0464. The summed E-state index contributed by atoms with van der Waals surface area (Å²) >= 11 is 0. The average molecular weight is 480 g/mol. The summed E-state index contributed by atoms with van der Waals surface area (Å²) < 4.78 is 12.8. The molecule has 0 radical (unpaired) electrons. The number of carbonyl (C=O) groups is 1. The lowest BCUT2D eigenvalue weighted by atomic mass is 10.2. The Kier molecular flexibility index (Phi) is 10.7. The zero-order valence-corrected chi connectivity index (χ0v) is 19.5. The molecule has 34 heavy (non-hydrogen) atoms. The highest BCUT2D eigenvalue weighted by molar-refractivity contribution is 5.81. The molecule has 0 unspecified atom stereocenters. The minimum Gasteiger partial charge on any atom is -0.447 e. The number of alkyl carbamates (subject to hydrolysis) is 1. The molecule has 0 bridgehead atoms. The van der Waals surface area contributed by atoms with Gasteiger partial charge in [-0.3, -0.25) is 4.57 Å². The highest BCUT2D eigenvalue weighted by atomic mass is 16.6. The number of aromatic nitrogens is 4. The molecule has 2 aromatic heterocycles. The molecule has 0 saturated carbocycles. The van der Waals surface area contributed by atoms with Crippen molar-refractivity contribution in [3.05, 3.63) is 12.7 Å². The maximum Gasteiger partial charge on any atom is 0.407 e. The molecule has 3 heterocycles. The van der Waals surface area contributed by atoms with E-state index in [4.69, 9.17) is 20.9 Å². The summed E-state index contributed by atoms with van der Waals surface area (Å²) in [4.78, 5) is 24.3. The van der Waals surface area contributed by atoms with E-state index in [1.807, 2.05) is 0 Å². The number of unbranched alkanes of at least 4 members (excludes halogenated alkanes) is 1. The Morgan fingerprint density at radius 3 is 2.62 bits per heavy atom. The smallest absolute Gasteiger partial charge is 0.407 e. The number of imidazole rings is 1. The van der Waals surface area contributed by atoms with Crippen molar-refractivity contribution in [2.24, 2.45) is 5.73 Å². The Morgan fingerprint density at radius 1 is 1.12 bits per heavy atom. The van der Waals surface area contributed by atoms with Crippen LogP contribution in [-0.2, 0) is 9.47 Å². The summed E-state index contributed by atoms with van der Waals surface area (Å²) in [6.45, 7) is 4.94. The van der Waals surface area contributed by atoms with Crippen LogP contribution in [-0.4, -0.2) is 88.8 Å². The molecule has 190 valence electrons. The van der Waals surface area contributed by atoms with Crippen molar-refractivity contribution in [3.8, 4) is 0 Å². The molecule has 1 saturated heterocycles. The number of aliphatic hydroxyl groups excluding tert-OH is 1. The first-order valence-corrected chi connectivity index (χ1v) is 11.9. The van der Waals surface area contributed by atoms with E-state index in [-0.39, 0.29) is 12.4 Å². The lowest BCUT2D eigenvalue weighted by Gasteiger charge is -2.16. The fourth-order valence-electron chi connectivity index (χ4n) is 3.71. The van der Waals surface area contributed by atoms with Crippen LogP contribution in [0.15, 0.2) is 12.7 Å². The number of nitrogens with one attached hydrogen (secondary N) is 3. The van der Waals surface area contributed by atoms with E-state index in [9.17, 15) is 9.90 Å². The molecule has 13 heteroatoms. The van der Waals surface area contributed by atoms with E-state index in [1.165, 1.54) is 6.33 Å². The Hall–Kier alpha value is -2.58. The molecule has 2 aromatic rings. The second-order valence-corrected chi connectivity index (χ2v) is 8.24. The summed E-state index contributed by atoms with van der Waals surface area (Å²) in [6, 6.07) is 0. The van der Waals surface area contributed by atoms with Gasteiger partial charge in [-0.25, -0.2) is 19.7 Å². The largest absolute Gasteiger partial charge is 0.447 e. The number of hydrogen-bond donors (Lipinski definition) is 6. The first-order chi connectivity index (χ1) is 16.6. The van der Waals surface area contributed by atoms with Gasteiger partial charge in [0.2, 0.25) is 0 Å². The summed E-state index contributed by atoms with van der Waals surface area (Å²) in [5, 5.41) is 19.8. The predicted octanol–water partition coefficient (Wildman–Crippen LogP) is -0.519. The van der Waals surface area contributed by atoms with Gasteiger partial charge in [0.15, 0.2) is 11.5 Å². The SMILES string of the molecule is NCCCNCCCCNCCCNC(=O)OC[C@H]1O[C@@H](n2cnc3c(N)ncnc32)C[C@@H]1O. The first kappa shape index (κ1) is 26.0. The number of aliphatic hydroxyl groups is 1. The Morgan fingerprint density at radius 2 is 1.85 bits per heavy atom. The number of nitrogen functional groups attached to an aromatic ring is 1. The molecular weight excluding hydrogens is 442 g/mol. The van der Waals surface area contributed by atoms with Gasteiger partial charge in [-0.1, -0.05) is 0 Å². The van der Waals surface area contributed by atoms with Crippen LogP contribution in [0.4, 0.5) is 10.6 Å². The average Bonchev–Trinajstić information content (AvgIpc) is 3.42. The van der Waals surface area contributed by atoms with E-state index in [1.54, 1.807) is 10.9 Å². The Bertz CT molecular complexity index is 881. The fourth-order valence-corrected chi connectivity index (χ4v) is 3.71. The van der Waals surface area contributed by atoms with Crippen LogP contribution >= 0.6 is 0 Å². The van der Waals surface area contributed by atoms with Crippen LogP contribution < -0.4 is 27.4 Å². The highest BCUT2D eigenvalue weighted by Gasteiger charge is 2.36. The zero-order chi connectivity index (χ0) is 24.2.